The van der Waals surface area contributed by atoms with E-state index < -0.39 is 11.5 Å². The Morgan fingerprint density at radius 3 is 2.68 bits per heavy atom. The number of hydrogen-bond acceptors (Lipinski definition) is 3. The number of allylic oxidation sites excluding steroid dienone is 3. The highest BCUT2D eigenvalue weighted by atomic mass is 79.9. The van der Waals surface area contributed by atoms with E-state index in [0.717, 1.165) is 10.0 Å². The Hall–Kier alpha value is -2.50. The zero-order valence-electron chi connectivity index (χ0n) is 13.3. The lowest BCUT2D eigenvalue weighted by Crippen LogP contribution is -2.36. The van der Waals surface area contributed by atoms with Gasteiger partial charge in [0.1, 0.15) is 0 Å². The molecule has 1 heterocycles. The molecular formula is C20H16BrNO3. The Bertz CT molecular complexity index is 874. The topological polar surface area (TPSA) is 66.4 Å². The minimum absolute atomic E-state index is 0.308. The number of fused-ring (bicyclic) bond motifs is 1. The van der Waals surface area contributed by atoms with E-state index in [-0.39, 0.29) is 12.2 Å². The summed E-state index contributed by atoms with van der Waals surface area (Å²) in [7, 11) is 0. The van der Waals surface area contributed by atoms with Gasteiger partial charge in [0, 0.05) is 15.7 Å². The number of hydrogen-bond donors (Lipinski definition) is 2. The van der Waals surface area contributed by atoms with E-state index in [1.54, 1.807) is 30.4 Å². The van der Waals surface area contributed by atoms with E-state index in [4.69, 9.17) is 0 Å². The molecule has 0 saturated heterocycles. The minimum Gasteiger partial charge on any atom is -0.375 e. The maximum atomic E-state index is 12.2. The molecule has 0 spiro atoms. The van der Waals surface area contributed by atoms with Crippen molar-refractivity contribution in [2.24, 2.45) is 0 Å². The van der Waals surface area contributed by atoms with Gasteiger partial charge >= 0.3 is 0 Å². The molecule has 25 heavy (non-hydrogen) atoms. The number of halogens is 1. The first-order valence-corrected chi connectivity index (χ1v) is 8.55. The van der Waals surface area contributed by atoms with Crippen LogP contribution in [0.4, 0.5) is 5.69 Å². The molecule has 2 aromatic carbocycles. The second-order valence-electron chi connectivity index (χ2n) is 5.78. The van der Waals surface area contributed by atoms with Crippen LogP contribution in [-0.2, 0) is 15.2 Å². The van der Waals surface area contributed by atoms with Gasteiger partial charge in [-0.3, -0.25) is 9.59 Å². The van der Waals surface area contributed by atoms with Crippen LogP contribution >= 0.6 is 15.9 Å². The molecule has 0 fully saturated rings. The summed E-state index contributed by atoms with van der Waals surface area (Å²) in [4.78, 5) is 24.3. The predicted octanol–water partition coefficient (Wildman–Crippen LogP) is 3.82. The molecular weight excluding hydrogens is 382 g/mol. The Labute approximate surface area is 154 Å². The summed E-state index contributed by atoms with van der Waals surface area (Å²) >= 11 is 3.32. The van der Waals surface area contributed by atoms with Gasteiger partial charge in [0.15, 0.2) is 11.4 Å². The standard InChI is InChI=1S/C20H16BrNO3/c21-15-10-11-18-17(12-15)20(25,19(24)22-18)13-16(23)9-5-4-8-14-6-2-1-3-7-14/h1-12,25H,13H2,(H,22,24)/b8-4+,9-5+/t20-/m1/s1. The summed E-state index contributed by atoms with van der Waals surface area (Å²) in [5, 5.41) is 13.3. The molecule has 126 valence electrons. The van der Waals surface area contributed by atoms with Crippen molar-refractivity contribution in [1.29, 1.82) is 0 Å². The summed E-state index contributed by atoms with van der Waals surface area (Å²) in [6, 6.07) is 14.8. The third kappa shape index (κ3) is 3.78. The predicted molar refractivity (Wildman–Crippen MR) is 101 cm³/mol. The summed E-state index contributed by atoms with van der Waals surface area (Å²) in [6.07, 6.45) is 6.27. The van der Waals surface area contributed by atoms with Crippen molar-refractivity contribution in [2.45, 2.75) is 12.0 Å². The quantitative estimate of drug-likeness (QED) is 0.595. The van der Waals surface area contributed by atoms with Crippen LogP contribution in [0.1, 0.15) is 17.5 Å². The maximum Gasteiger partial charge on any atom is 0.261 e. The normalized spacial score (nSPS) is 19.4. The van der Waals surface area contributed by atoms with E-state index in [2.05, 4.69) is 21.2 Å². The van der Waals surface area contributed by atoms with E-state index in [0.29, 0.717) is 11.3 Å². The Kier molecular flexibility index (Phi) is 4.97. The number of aliphatic hydroxyl groups is 1. The van der Waals surface area contributed by atoms with Gasteiger partial charge in [-0.2, -0.15) is 0 Å². The molecule has 4 nitrogen and oxygen atoms in total. The van der Waals surface area contributed by atoms with E-state index in [9.17, 15) is 14.7 Å². The molecule has 1 atom stereocenters. The molecule has 2 N–H and O–H groups in total. The first-order chi connectivity index (χ1) is 12.0. The Balaban J connectivity index is 1.71. The molecule has 0 saturated carbocycles. The summed E-state index contributed by atoms with van der Waals surface area (Å²) in [5.41, 5.74) is 0.112. The van der Waals surface area contributed by atoms with Crippen molar-refractivity contribution < 1.29 is 14.7 Å². The lowest BCUT2D eigenvalue weighted by atomic mass is 9.90. The summed E-state index contributed by atoms with van der Waals surface area (Å²) in [6.45, 7) is 0. The monoisotopic (exact) mass is 397 g/mol. The van der Waals surface area contributed by atoms with Gasteiger partial charge in [-0.1, -0.05) is 64.5 Å². The highest BCUT2D eigenvalue weighted by molar-refractivity contribution is 9.10. The number of nitrogens with one attached hydrogen (secondary N) is 1. The lowest BCUT2D eigenvalue weighted by molar-refractivity contribution is -0.138. The van der Waals surface area contributed by atoms with Crippen molar-refractivity contribution in [3.63, 3.8) is 0 Å². The molecule has 2 aromatic rings. The molecule has 5 heteroatoms. The van der Waals surface area contributed by atoms with Crippen molar-refractivity contribution in [3.8, 4) is 0 Å². The van der Waals surface area contributed by atoms with Crippen LogP contribution < -0.4 is 5.32 Å². The van der Waals surface area contributed by atoms with E-state index >= 15 is 0 Å². The maximum absolute atomic E-state index is 12.2. The molecule has 0 aromatic heterocycles. The smallest absolute Gasteiger partial charge is 0.261 e. The van der Waals surface area contributed by atoms with Crippen LogP contribution in [0.25, 0.3) is 6.08 Å². The van der Waals surface area contributed by atoms with Crippen LogP contribution in [0.5, 0.6) is 0 Å². The van der Waals surface area contributed by atoms with Crippen molar-refractivity contribution in [2.75, 3.05) is 5.32 Å². The number of carbonyl (C=O) groups excluding carboxylic acids is 2. The van der Waals surface area contributed by atoms with Gasteiger partial charge in [-0.25, -0.2) is 0 Å². The number of amides is 1. The summed E-state index contributed by atoms with van der Waals surface area (Å²) in [5.74, 6) is -0.912. The SMILES string of the molecule is O=C(/C=C/C=C/c1ccccc1)C[C@]1(O)C(=O)Nc2ccc(Br)cc21. The van der Waals surface area contributed by atoms with Crippen LogP contribution in [0, 0.1) is 0 Å². The number of anilines is 1. The number of benzene rings is 2. The zero-order valence-corrected chi connectivity index (χ0v) is 14.9. The molecule has 1 aliphatic rings. The fraction of sp³-hybridized carbons (Fsp3) is 0.100. The molecule has 0 unspecified atom stereocenters. The van der Waals surface area contributed by atoms with E-state index in [1.807, 2.05) is 36.4 Å². The van der Waals surface area contributed by atoms with Crippen molar-refractivity contribution in [1.82, 2.24) is 0 Å². The van der Waals surface area contributed by atoms with E-state index in [1.165, 1.54) is 6.08 Å². The fourth-order valence-corrected chi connectivity index (χ4v) is 3.06. The Morgan fingerprint density at radius 2 is 1.92 bits per heavy atom. The third-order valence-electron chi connectivity index (χ3n) is 3.96. The zero-order chi connectivity index (χ0) is 17.9. The minimum atomic E-state index is -1.84. The molecule has 0 radical (unpaired) electrons. The van der Waals surface area contributed by atoms with Gasteiger partial charge in [-0.05, 0) is 29.8 Å². The molecule has 3 rings (SSSR count). The van der Waals surface area contributed by atoms with Gasteiger partial charge in [0.2, 0.25) is 0 Å². The van der Waals surface area contributed by atoms with Gasteiger partial charge in [0.25, 0.3) is 5.91 Å². The molecule has 0 aliphatic carbocycles. The van der Waals surface area contributed by atoms with Crippen LogP contribution in [0.2, 0.25) is 0 Å². The Morgan fingerprint density at radius 1 is 1.16 bits per heavy atom. The third-order valence-corrected chi connectivity index (χ3v) is 4.46. The van der Waals surface area contributed by atoms with Crippen molar-refractivity contribution in [3.05, 3.63) is 82.4 Å². The van der Waals surface area contributed by atoms with Gasteiger partial charge in [0.05, 0.1) is 6.42 Å². The first-order valence-electron chi connectivity index (χ1n) is 7.75. The summed E-state index contributed by atoms with van der Waals surface area (Å²) < 4.78 is 0.731. The van der Waals surface area contributed by atoms with Crippen molar-refractivity contribution >= 4 is 39.4 Å². The largest absolute Gasteiger partial charge is 0.375 e. The second-order valence-corrected chi connectivity index (χ2v) is 6.69. The molecule has 0 bridgehead atoms. The van der Waals surface area contributed by atoms with Gasteiger partial charge in [-0.15, -0.1) is 0 Å². The number of rotatable bonds is 5. The molecule has 1 amide bonds. The highest BCUT2D eigenvalue weighted by Gasteiger charge is 2.46. The lowest BCUT2D eigenvalue weighted by Gasteiger charge is -2.19. The van der Waals surface area contributed by atoms with Crippen LogP contribution in [-0.4, -0.2) is 16.8 Å². The molecule has 1 aliphatic heterocycles. The first kappa shape index (κ1) is 17.3. The average molecular weight is 398 g/mol. The fourth-order valence-electron chi connectivity index (χ4n) is 2.70. The van der Waals surface area contributed by atoms with Crippen LogP contribution in [0.15, 0.2) is 71.2 Å². The van der Waals surface area contributed by atoms with Gasteiger partial charge < -0.3 is 10.4 Å². The number of ketones is 1. The average Bonchev–Trinajstić information content (AvgIpc) is 2.83. The van der Waals surface area contributed by atoms with Crippen LogP contribution in [0.3, 0.4) is 0 Å². The second kappa shape index (κ2) is 7.17. The number of carbonyl (C=O) groups is 2. The highest BCUT2D eigenvalue weighted by Crippen LogP contribution is 2.39.